The highest BCUT2D eigenvalue weighted by Crippen LogP contribution is 2.53. The second-order valence-corrected chi connectivity index (χ2v) is 12.8. The summed E-state index contributed by atoms with van der Waals surface area (Å²) in [5.74, 6) is 0. The normalized spacial score (nSPS) is 13.2. The van der Waals surface area contributed by atoms with E-state index < -0.39 is 0 Å². The van der Waals surface area contributed by atoms with E-state index in [4.69, 9.17) is 9.40 Å². The van der Waals surface area contributed by atoms with Gasteiger partial charge in [0.05, 0.1) is 11.4 Å². The van der Waals surface area contributed by atoms with Crippen molar-refractivity contribution >= 4 is 21.9 Å². The zero-order chi connectivity index (χ0) is 30.8. The third kappa shape index (κ3) is 4.14. The molecule has 6 aromatic carbocycles. The first-order valence-corrected chi connectivity index (χ1v) is 15.9. The molecule has 0 unspecified atom stereocenters. The summed E-state index contributed by atoms with van der Waals surface area (Å²) < 4.78 is 6.48. The number of nitrogens with zero attached hydrogens (tertiary/aromatic N) is 1. The van der Waals surface area contributed by atoms with Gasteiger partial charge in [-0.05, 0) is 63.2 Å². The predicted molar refractivity (Wildman–Crippen MR) is 191 cm³/mol. The lowest BCUT2D eigenvalue weighted by atomic mass is 9.81. The van der Waals surface area contributed by atoms with Gasteiger partial charge in [0.25, 0.3) is 0 Å². The van der Waals surface area contributed by atoms with Gasteiger partial charge in [0, 0.05) is 32.9 Å². The van der Waals surface area contributed by atoms with Crippen LogP contribution in [0.15, 0.2) is 156 Å². The molecule has 2 heterocycles. The average Bonchev–Trinajstić information content (AvgIpc) is 3.61. The standard InChI is InChI=1S/C44H31NO/c1-44(2)37-24-23-35-34-15-9-10-16-41(34)46-43(35)42(37)36-22-21-32(25-38(36)44)28-17-19-29(20-18-28)33-26-39(30-11-5-3-6-12-30)45-40(27-33)31-13-7-4-8-14-31/h3-27H,1-2H3. The van der Waals surface area contributed by atoms with Crippen molar-refractivity contribution in [2.75, 3.05) is 0 Å². The van der Waals surface area contributed by atoms with Crippen LogP contribution < -0.4 is 0 Å². The first-order chi connectivity index (χ1) is 22.5. The zero-order valence-corrected chi connectivity index (χ0v) is 25.8. The van der Waals surface area contributed by atoms with Crippen molar-refractivity contribution in [1.82, 2.24) is 4.98 Å². The highest BCUT2D eigenvalue weighted by molar-refractivity contribution is 6.11. The lowest BCUT2D eigenvalue weighted by Gasteiger charge is -2.22. The number of hydrogen-bond donors (Lipinski definition) is 0. The molecular formula is C44H31NO. The molecule has 0 atom stereocenters. The second kappa shape index (κ2) is 10.2. The van der Waals surface area contributed by atoms with Crippen LogP contribution in [0.25, 0.3) is 77.8 Å². The Morgan fingerprint density at radius 3 is 1.72 bits per heavy atom. The molecule has 218 valence electrons. The monoisotopic (exact) mass is 589 g/mol. The van der Waals surface area contributed by atoms with Crippen LogP contribution in [0.4, 0.5) is 0 Å². The van der Waals surface area contributed by atoms with E-state index in [0.717, 1.165) is 39.2 Å². The molecule has 0 aliphatic heterocycles. The Morgan fingerprint density at radius 2 is 1.04 bits per heavy atom. The van der Waals surface area contributed by atoms with E-state index in [0.29, 0.717) is 0 Å². The molecule has 9 rings (SSSR count). The quantitative estimate of drug-likeness (QED) is 0.204. The van der Waals surface area contributed by atoms with Crippen LogP contribution in [0.2, 0.25) is 0 Å². The van der Waals surface area contributed by atoms with Crippen LogP contribution in [-0.2, 0) is 5.41 Å². The summed E-state index contributed by atoms with van der Waals surface area (Å²) in [7, 11) is 0. The molecule has 0 spiro atoms. The van der Waals surface area contributed by atoms with Gasteiger partial charge in [0.15, 0.2) is 0 Å². The van der Waals surface area contributed by atoms with E-state index >= 15 is 0 Å². The third-order valence-electron chi connectivity index (χ3n) is 9.70. The van der Waals surface area contributed by atoms with Gasteiger partial charge in [-0.1, -0.05) is 141 Å². The highest BCUT2D eigenvalue weighted by atomic mass is 16.3. The number of pyridine rings is 1. The van der Waals surface area contributed by atoms with Gasteiger partial charge < -0.3 is 4.42 Å². The van der Waals surface area contributed by atoms with Crippen molar-refractivity contribution in [3.05, 3.63) is 163 Å². The molecular weight excluding hydrogens is 558 g/mol. The molecule has 2 heteroatoms. The predicted octanol–water partition coefficient (Wildman–Crippen LogP) is 12.0. The van der Waals surface area contributed by atoms with Gasteiger partial charge in [-0.15, -0.1) is 0 Å². The van der Waals surface area contributed by atoms with Gasteiger partial charge in [0.1, 0.15) is 11.2 Å². The lowest BCUT2D eigenvalue weighted by Crippen LogP contribution is -2.14. The van der Waals surface area contributed by atoms with Crippen molar-refractivity contribution in [3.63, 3.8) is 0 Å². The smallest absolute Gasteiger partial charge is 0.143 e. The van der Waals surface area contributed by atoms with E-state index in [2.05, 4.69) is 147 Å². The van der Waals surface area contributed by atoms with Crippen LogP contribution in [-0.4, -0.2) is 4.98 Å². The fourth-order valence-corrected chi connectivity index (χ4v) is 7.25. The summed E-state index contributed by atoms with van der Waals surface area (Å²) in [5, 5.41) is 2.35. The van der Waals surface area contributed by atoms with Crippen molar-refractivity contribution < 1.29 is 4.42 Å². The zero-order valence-electron chi connectivity index (χ0n) is 25.8. The van der Waals surface area contributed by atoms with Gasteiger partial charge >= 0.3 is 0 Å². The van der Waals surface area contributed by atoms with Gasteiger partial charge in [-0.25, -0.2) is 4.98 Å². The first kappa shape index (κ1) is 26.7. The number of fused-ring (bicyclic) bond motifs is 7. The minimum atomic E-state index is -0.132. The van der Waals surface area contributed by atoms with Crippen molar-refractivity contribution in [2.24, 2.45) is 0 Å². The van der Waals surface area contributed by atoms with E-state index in [1.54, 1.807) is 0 Å². The maximum Gasteiger partial charge on any atom is 0.143 e. The van der Waals surface area contributed by atoms with Gasteiger partial charge in [0.2, 0.25) is 0 Å². The summed E-state index contributed by atoms with van der Waals surface area (Å²) in [6.07, 6.45) is 0. The highest BCUT2D eigenvalue weighted by Gasteiger charge is 2.38. The van der Waals surface area contributed by atoms with Crippen molar-refractivity contribution in [1.29, 1.82) is 0 Å². The Hall–Kier alpha value is -5.73. The summed E-state index contributed by atoms with van der Waals surface area (Å²) in [4.78, 5) is 5.05. The molecule has 46 heavy (non-hydrogen) atoms. The van der Waals surface area contributed by atoms with Crippen molar-refractivity contribution in [2.45, 2.75) is 19.3 Å². The van der Waals surface area contributed by atoms with Crippen molar-refractivity contribution in [3.8, 4) is 55.9 Å². The fraction of sp³-hybridized carbons (Fsp3) is 0.0682. The Kier molecular flexibility index (Phi) is 5.88. The average molecular weight is 590 g/mol. The molecule has 2 aromatic heterocycles. The van der Waals surface area contributed by atoms with E-state index in [-0.39, 0.29) is 5.41 Å². The SMILES string of the molecule is CC1(C)c2cc(-c3ccc(-c4cc(-c5ccccc5)nc(-c5ccccc5)c4)cc3)ccc2-c2c1ccc1c2oc2ccccc21. The Morgan fingerprint density at radius 1 is 0.457 bits per heavy atom. The molecule has 1 aliphatic rings. The third-order valence-corrected chi connectivity index (χ3v) is 9.70. The van der Waals surface area contributed by atoms with Crippen LogP contribution >= 0.6 is 0 Å². The van der Waals surface area contributed by atoms with Crippen LogP contribution in [0, 0.1) is 0 Å². The number of benzene rings is 6. The molecule has 0 radical (unpaired) electrons. The Balaban J connectivity index is 1.11. The van der Waals surface area contributed by atoms with Crippen LogP contribution in [0.1, 0.15) is 25.0 Å². The molecule has 1 aliphatic carbocycles. The van der Waals surface area contributed by atoms with Crippen LogP contribution in [0.3, 0.4) is 0 Å². The number of rotatable bonds is 4. The first-order valence-electron chi connectivity index (χ1n) is 15.9. The van der Waals surface area contributed by atoms with E-state index in [1.807, 2.05) is 18.2 Å². The lowest BCUT2D eigenvalue weighted by molar-refractivity contribution is 0.653. The fourth-order valence-electron chi connectivity index (χ4n) is 7.25. The number of hydrogen-bond acceptors (Lipinski definition) is 2. The summed E-state index contributed by atoms with van der Waals surface area (Å²) >= 11 is 0. The number of furan rings is 1. The molecule has 0 bridgehead atoms. The summed E-state index contributed by atoms with van der Waals surface area (Å²) in [6.45, 7) is 4.66. The van der Waals surface area contributed by atoms with Crippen LogP contribution in [0.5, 0.6) is 0 Å². The molecule has 0 saturated carbocycles. The maximum absolute atomic E-state index is 6.48. The van der Waals surface area contributed by atoms with Gasteiger partial charge in [-0.3, -0.25) is 0 Å². The molecule has 0 fully saturated rings. The van der Waals surface area contributed by atoms with E-state index in [9.17, 15) is 0 Å². The largest absolute Gasteiger partial charge is 0.455 e. The minimum Gasteiger partial charge on any atom is -0.455 e. The number of aromatic nitrogens is 1. The summed E-state index contributed by atoms with van der Waals surface area (Å²) in [5.41, 5.74) is 15.9. The van der Waals surface area contributed by atoms with Gasteiger partial charge in [-0.2, -0.15) is 0 Å². The Bertz CT molecular complexity index is 2360. The topological polar surface area (TPSA) is 26.0 Å². The molecule has 0 saturated heterocycles. The second-order valence-electron chi connectivity index (χ2n) is 12.8. The Labute approximate surface area is 268 Å². The molecule has 0 amide bonds. The van der Waals surface area contributed by atoms with E-state index in [1.165, 1.54) is 49.7 Å². The maximum atomic E-state index is 6.48. The molecule has 2 nitrogen and oxygen atoms in total. The molecule has 0 N–H and O–H groups in total. The molecule has 8 aromatic rings. The summed E-state index contributed by atoms with van der Waals surface area (Å²) in [6, 6.07) is 54.0. The number of para-hydroxylation sites is 1. The minimum absolute atomic E-state index is 0.132.